The van der Waals surface area contributed by atoms with Crippen LogP contribution in [-0.2, 0) is 9.47 Å². The normalized spacial score (nSPS) is 16.4. The van der Waals surface area contributed by atoms with E-state index in [0.717, 1.165) is 6.92 Å². The van der Waals surface area contributed by atoms with Crippen molar-refractivity contribution in [1.82, 2.24) is 5.32 Å². The Morgan fingerprint density at radius 2 is 1.87 bits per heavy atom. The summed E-state index contributed by atoms with van der Waals surface area (Å²) in [5, 5.41) is 2.93. The van der Waals surface area contributed by atoms with Crippen LogP contribution in [0.5, 0.6) is 0 Å². The molecular weight excluding hydrogens is 211 g/mol. The summed E-state index contributed by atoms with van der Waals surface area (Å²) < 4.78 is 45.8. The van der Waals surface area contributed by atoms with Gasteiger partial charge in [-0.05, 0) is 13.8 Å². The third-order valence-corrected chi connectivity index (χ3v) is 1.81. The maximum absolute atomic E-state index is 12.1. The Morgan fingerprint density at radius 3 is 2.33 bits per heavy atom. The highest BCUT2D eigenvalue weighted by Gasteiger charge is 2.37. The van der Waals surface area contributed by atoms with Crippen molar-refractivity contribution in [3.8, 4) is 0 Å². The summed E-state index contributed by atoms with van der Waals surface area (Å²) in [6, 6.07) is 0. The molecule has 15 heavy (non-hydrogen) atoms. The first kappa shape index (κ1) is 14.7. The molecule has 1 N–H and O–H groups in total. The highest BCUT2D eigenvalue weighted by atomic mass is 19.4. The zero-order chi connectivity index (χ0) is 11.9. The molecule has 0 aliphatic carbocycles. The predicted molar refractivity (Wildman–Crippen MR) is 50.8 cm³/mol. The number of ether oxygens (including phenoxy) is 2. The fourth-order valence-corrected chi connectivity index (χ4v) is 0.953. The van der Waals surface area contributed by atoms with Gasteiger partial charge in [-0.1, -0.05) is 0 Å². The minimum absolute atomic E-state index is 0.379. The van der Waals surface area contributed by atoms with Crippen molar-refractivity contribution in [3.05, 3.63) is 0 Å². The lowest BCUT2D eigenvalue weighted by atomic mass is 10.3. The zero-order valence-electron chi connectivity index (χ0n) is 9.23. The van der Waals surface area contributed by atoms with Crippen molar-refractivity contribution >= 4 is 0 Å². The van der Waals surface area contributed by atoms with E-state index in [1.54, 1.807) is 14.0 Å². The molecule has 0 saturated heterocycles. The van der Waals surface area contributed by atoms with Gasteiger partial charge in [0, 0.05) is 20.2 Å². The average Bonchev–Trinajstić information content (AvgIpc) is 2.11. The van der Waals surface area contributed by atoms with Crippen molar-refractivity contribution in [2.75, 3.05) is 26.8 Å². The van der Waals surface area contributed by atoms with Gasteiger partial charge < -0.3 is 14.8 Å². The summed E-state index contributed by atoms with van der Waals surface area (Å²) in [6.45, 7) is 4.11. The van der Waals surface area contributed by atoms with Gasteiger partial charge in [-0.3, -0.25) is 0 Å². The fourth-order valence-electron chi connectivity index (χ4n) is 0.953. The number of alkyl halides is 3. The maximum Gasteiger partial charge on any atom is 0.414 e. The molecule has 0 heterocycles. The lowest BCUT2D eigenvalue weighted by molar-refractivity contribution is -0.224. The van der Waals surface area contributed by atoms with E-state index in [2.05, 4.69) is 5.32 Å². The molecule has 0 aromatic carbocycles. The number of halogens is 3. The SMILES string of the molecule is COCCNCC(C)OC(C)C(F)(F)F. The first-order chi connectivity index (χ1) is 6.88. The molecular formula is C9H18F3NO2. The standard InChI is InChI=1S/C9H18F3NO2/c1-7(6-13-4-5-14-3)15-8(2)9(10,11)12/h7-8,13H,4-6H2,1-3H3. The number of rotatable bonds is 7. The lowest BCUT2D eigenvalue weighted by Crippen LogP contribution is -2.36. The van der Waals surface area contributed by atoms with Gasteiger partial charge in [-0.2, -0.15) is 13.2 Å². The second kappa shape index (κ2) is 7.03. The Bertz CT molecular complexity index is 164. The van der Waals surface area contributed by atoms with Crippen LogP contribution in [0.2, 0.25) is 0 Å². The summed E-state index contributed by atoms with van der Waals surface area (Å²) >= 11 is 0. The summed E-state index contributed by atoms with van der Waals surface area (Å²) in [5.74, 6) is 0. The number of hydrogen-bond acceptors (Lipinski definition) is 3. The molecule has 6 heteroatoms. The van der Waals surface area contributed by atoms with Crippen LogP contribution in [0.1, 0.15) is 13.8 Å². The highest BCUT2D eigenvalue weighted by Crippen LogP contribution is 2.23. The van der Waals surface area contributed by atoms with Gasteiger partial charge in [0.25, 0.3) is 0 Å². The van der Waals surface area contributed by atoms with Crippen LogP contribution >= 0.6 is 0 Å². The molecule has 0 radical (unpaired) electrons. The molecule has 0 aliphatic heterocycles. The van der Waals surface area contributed by atoms with Crippen molar-refractivity contribution in [2.45, 2.75) is 32.2 Å². The largest absolute Gasteiger partial charge is 0.414 e. The van der Waals surface area contributed by atoms with Crippen LogP contribution in [0.25, 0.3) is 0 Å². The predicted octanol–water partition coefficient (Wildman–Crippen LogP) is 1.58. The highest BCUT2D eigenvalue weighted by molar-refractivity contribution is 4.64. The molecule has 0 amide bonds. The molecule has 0 rings (SSSR count). The van der Waals surface area contributed by atoms with Gasteiger partial charge in [-0.25, -0.2) is 0 Å². The van der Waals surface area contributed by atoms with Crippen LogP contribution < -0.4 is 5.32 Å². The van der Waals surface area contributed by atoms with E-state index < -0.39 is 18.4 Å². The first-order valence-electron chi connectivity index (χ1n) is 4.79. The Kier molecular flexibility index (Phi) is 6.87. The summed E-state index contributed by atoms with van der Waals surface area (Å²) in [4.78, 5) is 0. The Hall–Kier alpha value is -0.330. The molecule has 0 fully saturated rings. The molecule has 92 valence electrons. The van der Waals surface area contributed by atoms with Gasteiger partial charge in [0.15, 0.2) is 6.10 Å². The molecule has 0 saturated carbocycles. The lowest BCUT2D eigenvalue weighted by Gasteiger charge is -2.21. The molecule has 0 spiro atoms. The van der Waals surface area contributed by atoms with E-state index in [1.165, 1.54) is 0 Å². The van der Waals surface area contributed by atoms with Crippen LogP contribution in [-0.4, -0.2) is 45.2 Å². The zero-order valence-corrected chi connectivity index (χ0v) is 9.23. The average molecular weight is 229 g/mol. The van der Waals surface area contributed by atoms with Crippen molar-refractivity contribution in [3.63, 3.8) is 0 Å². The van der Waals surface area contributed by atoms with Crippen molar-refractivity contribution in [1.29, 1.82) is 0 Å². The van der Waals surface area contributed by atoms with E-state index in [-0.39, 0.29) is 0 Å². The monoisotopic (exact) mass is 229 g/mol. The first-order valence-corrected chi connectivity index (χ1v) is 4.79. The Labute approximate surface area is 87.9 Å². The molecule has 3 nitrogen and oxygen atoms in total. The van der Waals surface area contributed by atoms with Gasteiger partial charge >= 0.3 is 6.18 Å². The third kappa shape index (κ3) is 7.58. The molecule has 0 aliphatic rings. The smallest absolute Gasteiger partial charge is 0.383 e. The van der Waals surface area contributed by atoms with Gasteiger partial charge in [0.2, 0.25) is 0 Å². The van der Waals surface area contributed by atoms with E-state index in [4.69, 9.17) is 9.47 Å². The van der Waals surface area contributed by atoms with E-state index >= 15 is 0 Å². The summed E-state index contributed by atoms with van der Waals surface area (Å²) in [5.41, 5.74) is 0. The second-order valence-electron chi connectivity index (χ2n) is 3.33. The van der Waals surface area contributed by atoms with E-state index in [1.807, 2.05) is 0 Å². The third-order valence-electron chi connectivity index (χ3n) is 1.81. The summed E-state index contributed by atoms with van der Waals surface area (Å²) in [6.07, 6.45) is -6.49. The van der Waals surface area contributed by atoms with Crippen LogP contribution in [0.4, 0.5) is 13.2 Å². The van der Waals surface area contributed by atoms with Crippen molar-refractivity contribution in [2.24, 2.45) is 0 Å². The van der Waals surface area contributed by atoms with Gasteiger partial charge in [0.1, 0.15) is 0 Å². The number of nitrogens with one attached hydrogen (secondary N) is 1. The van der Waals surface area contributed by atoms with Crippen LogP contribution in [0.3, 0.4) is 0 Å². The van der Waals surface area contributed by atoms with Crippen LogP contribution in [0, 0.1) is 0 Å². The molecule has 2 atom stereocenters. The van der Waals surface area contributed by atoms with Gasteiger partial charge in [0.05, 0.1) is 12.7 Å². The molecule has 0 bridgehead atoms. The van der Waals surface area contributed by atoms with E-state index in [0.29, 0.717) is 19.7 Å². The Morgan fingerprint density at radius 1 is 1.27 bits per heavy atom. The minimum Gasteiger partial charge on any atom is -0.383 e. The second-order valence-corrected chi connectivity index (χ2v) is 3.33. The topological polar surface area (TPSA) is 30.5 Å². The maximum atomic E-state index is 12.1. The fraction of sp³-hybridized carbons (Fsp3) is 1.00. The Balaban J connectivity index is 3.60. The van der Waals surface area contributed by atoms with Crippen LogP contribution in [0.15, 0.2) is 0 Å². The molecule has 0 aromatic rings. The number of methoxy groups -OCH3 is 1. The minimum atomic E-state index is -4.29. The van der Waals surface area contributed by atoms with Crippen molar-refractivity contribution < 1.29 is 22.6 Å². The van der Waals surface area contributed by atoms with Gasteiger partial charge in [-0.15, -0.1) is 0 Å². The quantitative estimate of drug-likeness (QED) is 0.672. The molecule has 2 unspecified atom stereocenters. The van der Waals surface area contributed by atoms with E-state index in [9.17, 15) is 13.2 Å². The summed E-state index contributed by atoms with van der Waals surface area (Å²) in [7, 11) is 1.56. The molecule has 0 aromatic heterocycles. The number of hydrogen-bond donors (Lipinski definition) is 1.